The molecule has 0 saturated heterocycles. The summed E-state index contributed by atoms with van der Waals surface area (Å²) in [6.07, 6.45) is 0.939. The van der Waals surface area contributed by atoms with Gasteiger partial charge in [-0.25, -0.2) is 4.79 Å². The van der Waals surface area contributed by atoms with E-state index >= 15 is 0 Å². The summed E-state index contributed by atoms with van der Waals surface area (Å²) in [7, 11) is 0. The Labute approximate surface area is 106 Å². The van der Waals surface area contributed by atoms with Gasteiger partial charge in [0, 0.05) is 0 Å². The highest BCUT2D eigenvalue weighted by atomic mass is 16.4. The second-order valence-electron chi connectivity index (χ2n) is 4.21. The van der Waals surface area contributed by atoms with Gasteiger partial charge in [-0.15, -0.1) is 0 Å². The van der Waals surface area contributed by atoms with Crippen molar-refractivity contribution >= 4 is 11.9 Å². The third-order valence-corrected chi connectivity index (χ3v) is 2.59. The fourth-order valence-corrected chi connectivity index (χ4v) is 1.52. The number of aryl methyl sites for hydroxylation is 1. The van der Waals surface area contributed by atoms with Crippen LogP contribution in [0, 0.1) is 0 Å². The Bertz CT molecular complexity index is 404. The molecule has 0 heterocycles. The van der Waals surface area contributed by atoms with E-state index in [2.05, 4.69) is 5.32 Å². The van der Waals surface area contributed by atoms with Crippen molar-refractivity contribution in [3.05, 3.63) is 35.9 Å². The highest BCUT2D eigenvalue weighted by Gasteiger charge is 2.21. The van der Waals surface area contributed by atoms with Gasteiger partial charge in [0.1, 0.15) is 6.04 Å². The van der Waals surface area contributed by atoms with Crippen LogP contribution in [-0.4, -0.2) is 29.1 Å². The molecule has 1 amide bonds. The number of carboxylic acid groups (broad SMARTS) is 1. The zero-order chi connectivity index (χ0) is 13.5. The first-order chi connectivity index (χ1) is 8.50. The summed E-state index contributed by atoms with van der Waals surface area (Å²) >= 11 is 0. The number of benzene rings is 1. The van der Waals surface area contributed by atoms with Crippen molar-refractivity contribution in [3.8, 4) is 0 Å². The maximum atomic E-state index is 11.4. The van der Waals surface area contributed by atoms with Gasteiger partial charge in [-0.05, 0) is 25.3 Å². The van der Waals surface area contributed by atoms with Gasteiger partial charge < -0.3 is 16.2 Å². The highest BCUT2D eigenvalue weighted by Crippen LogP contribution is 2.05. The molecule has 0 saturated carbocycles. The molecule has 5 nitrogen and oxygen atoms in total. The van der Waals surface area contributed by atoms with Crippen LogP contribution in [0.25, 0.3) is 0 Å². The van der Waals surface area contributed by atoms with E-state index in [-0.39, 0.29) is 0 Å². The highest BCUT2D eigenvalue weighted by molar-refractivity contribution is 5.86. The predicted octanol–water partition coefficient (Wildman–Crippen LogP) is 0.536. The summed E-state index contributed by atoms with van der Waals surface area (Å²) in [4.78, 5) is 22.4. The van der Waals surface area contributed by atoms with Crippen LogP contribution in [0.15, 0.2) is 30.3 Å². The molecule has 0 spiro atoms. The van der Waals surface area contributed by atoms with Gasteiger partial charge in [0.25, 0.3) is 0 Å². The Morgan fingerprint density at radius 2 is 1.94 bits per heavy atom. The second-order valence-corrected chi connectivity index (χ2v) is 4.21. The van der Waals surface area contributed by atoms with Gasteiger partial charge >= 0.3 is 5.97 Å². The van der Waals surface area contributed by atoms with E-state index in [0.29, 0.717) is 12.8 Å². The molecule has 0 bridgehead atoms. The summed E-state index contributed by atoms with van der Waals surface area (Å²) in [6, 6.07) is 7.93. The average Bonchev–Trinajstić information content (AvgIpc) is 2.34. The molecule has 1 aromatic rings. The lowest BCUT2D eigenvalue weighted by atomic mass is 10.1. The summed E-state index contributed by atoms with van der Waals surface area (Å²) in [6.45, 7) is 1.52. The molecule has 0 radical (unpaired) electrons. The SMILES string of the molecule is C[C@@H](N)C(=O)N[C@@H](CCc1ccccc1)C(=O)O. The lowest BCUT2D eigenvalue weighted by Gasteiger charge is -2.15. The maximum Gasteiger partial charge on any atom is 0.326 e. The van der Waals surface area contributed by atoms with Crippen LogP contribution in [-0.2, 0) is 16.0 Å². The smallest absolute Gasteiger partial charge is 0.326 e. The van der Waals surface area contributed by atoms with E-state index in [1.807, 2.05) is 30.3 Å². The van der Waals surface area contributed by atoms with Crippen molar-refractivity contribution in [2.45, 2.75) is 31.8 Å². The quantitative estimate of drug-likeness (QED) is 0.687. The Morgan fingerprint density at radius 3 is 2.44 bits per heavy atom. The topological polar surface area (TPSA) is 92.4 Å². The van der Waals surface area contributed by atoms with E-state index < -0.39 is 24.0 Å². The van der Waals surface area contributed by atoms with Crippen LogP contribution in [0.3, 0.4) is 0 Å². The van der Waals surface area contributed by atoms with Gasteiger partial charge in [-0.3, -0.25) is 4.79 Å². The van der Waals surface area contributed by atoms with Crippen molar-refractivity contribution in [1.82, 2.24) is 5.32 Å². The number of hydrogen-bond acceptors (Lipinski definition) is 3. The number of carbonyl (C=O) groups is 2. The minimum atomic E-state index is -1.04. The molecular formula is C13H18N2O3. The Kier molecular flexibility index (Phi) is 5.32. The predicted molar refractivity (Wildman–Crippen MR) is 68.0 cm³/mol. The van der Waals surface area contributed by atoms with Crippen LogP contribution >= 0.6 is 0 Å². The normalized spacial score (nSPS) is 13.7. The molecule has 0 aliphatic carbocycles. The van der Waals surface area contributed by atoms with Crippen LogP contribution in [0.1, 0.15) is 18.9 Å². The van der Waals surface area contributed by atoms with Crippen molar-refractivity contribution in [2.24, 2.45) is 5.73 Å². The van der Waals surface area contributed by atoms with Crippen molar-refractivity contribution < 1.29 is 14.7 Å². The first-order valence-corrected chi connectivity index (χ1v) is 5.83. The zero-order valence-corrected chi connectivity index (χ0v) is 10.3. The van der Waals surface area contributed by atoms with Crippen molar-refractivity contribution in [2.75, 3.05) is 0 Å². The summed E-state index contributed by atoms with van der Waals surface area (Å²) in [5.41, 5.74) is 6.43. The molecule has 0 fully saturated rings. The van der Waals surface area contributed by atoms with E-state index in [9.17, 15) is 9.59 Å². The second kappa shape index (κ2) is 6.76. The number of carbonyl (C=O) groups excluding carboxylic acids is 1. The van der Waals surface area contributed by atoms with E-state index in [0.717, 1.165) is 5.56 Å². The van der Waals surface area contributed by atoms with E-state index in [1.165, 1.54) is 6.92 Å². The minimum absolute atomic E-state index is 0.345. The first-order valence-electron chi connectivity index (χ1n) is 5.83. The van der Waals surface area contributed by atoms with Crippen molar-refractivity contribution in [1.29, 1.82) is 0 Å². The first kappa shape index (κ1) is 14.2. The Morgan fingerprint density at radius 1 is 1.33 bits per heavy atom. The number of rotatable bonds is 6. The summed E-state index contributed by atoms with van der Waals surface area (Å²) in [5.74, 6) is -1.49. The molecule has 18 heavy (non-hydrogen) atoms. The third-order valence-electron chi connectivity index (χ3n) is 2.59. The van der Waals surface area contributed by atoms with Crippen LogP contribution in [0.4, 0.5) is 0 Å². The Balaban J connectivity index is 2.54. The molecule has 0 aliphatic rings. The number of carboxylic acids is 1. The number of nitrogens with two attached hydrogens (primary N) is 1. The van der Waals surface area contributed by atoms with Gasteiger partial charge in [0.15, 0.2) is 0 Å². The molecule has 4 N–H and O–H groups in total. The molecule has 1 rings (SSSR count). The summed E-state index contributed by atoms with van der Waals surface area (Å²) < 4.78 is 0. The van der Waals surface area contributed by atoms with Gasteiger partial charge in [-0.1, -0.05) is 30.3 Å². The van der Waals surface area contributed by atoms with Crippen molar-refractivity contribution in [3.63, 3.8) is 0 Å². The molecule has 5 heteroatoms. The lowest BCUT2D eigenvalue weighted by molar-refractivity contribution is -0.142. The van der Waals surface area contributed by atoms with E-state index in [4.69, 9.17) is 10.8 Å². The molecular weight excluding hydrogens is 232 g/mol. The number of hydrogen-bond donors (Lipinski definition) is 3. The minimum Gasteiger partial charge on any atom is -0.480 e. The zero-order valence-electron chi connectivity index (χ0n) is 10.3. The van der Waals surface area contributed by atoms with Crippen LogP contribution < -0.4 is 11.1 Å². The fourth-order valence-electron chi connectivity index (χ4n) is 1.52. The maximum absolute atomic E-state index is 11.4. The van der Waals surface area contributed by atoms with Gasteiger partial charge in [0.2, 0.25) is 5.91 Å². The van der Waals surface area contributed by atoms with Crippen LogP contribution in [0.5, 0.6) is 0 Å². The molecule has 0 unspecified atom stereocenters. The average molecular weight is 250 g/mol. The monoisotopic (exact) mass is 250 g/mol. The Hall–Kier alpha value is -1.88. The third kappa shape index (κ3) is 4.55. The largest absolute Gasteiger partial charge is 0.480 e. The number of nitrogens with one attached hydrogen (secondary N) is 1. The summed E-state index contributed by atoms with van der Waals surface area (Å²) in [5, 5.41) is 11.4. The molecule has 98 valence electrons. The van der Waals surface area contributed by atoms with Gasteiger partial charge in [0.05, 0.1) is 6.04 Å². The standard InChI is InChI=1S/C13H18N2O3/c1-9(14)12(16)15-11(13(17)18)8-7-10-5-3-2-4-6-10/h2-6,9,11H,7-8,14H2,1H3,(H,15,16)(H,17,18)/t9-,11+/m1/s1. The lowest BCUT2D eigenvalue weighted by Crippen LogP contribution is -2.47. The molecule has 1 aromatic carbocycles. The fraction of sp³-hybridized carbons (Fsp3) is 0.385. The molecule has 0 aromatic heterocycles. The number of aliphatic carboxylic acids is 1. The van der Waals surface area contributed by atoms with Gasteiger partial charge in [-0.2, -0.15) is 0 Å². The van der Waals surface area contributed by atoms with Crippen LogP contribution in [0.2, 0.25) is 0 Å². The number of amides is 1. The molecule has 0 aliphatic heterocycles. The van der Waals surface area contributed by atoms with E-state index in [1.54, 1.807) is 0 Å². The molecule has 2 atom stereocenters.